The van der Waals surface area contributed by atoms with E-state index in [1.54, 1.807) is 0 Å². The summed E-state index contributed by atoms with van der Waals surface area (Å²) >= 11 is 5.23. The molecule has 26 heavy (non-hydrogen) atoms. The lowest BCUT2D eigenvalue weighted by Crippen LogP contribution is -2.44. The van der Waals surface area contributed by atoms with Crippen LogP contribution in [-0.4, -0.2) is 4.75 Å². The van der Waals surface area contributed by atoms with E-state index < -0.39 is 0 Å². The maximum absolute atomic E-state index is 5.23. The van der Waals surface area contributed by atoms with Crippen LogP contribution in [0.5, 0.6) is 0 Å². The lowest BCUT2D eigenvalue weighted by Gasteiger charge is -2.51. The van der Waals surface area contributed by atoms with Crippen LogP contribution in [0.2, 0.25) is 0 Å². The van der Waals surface area contributed by atoms with Crippen LogP contribution >= 0.6 is 12.6 Å². The smallest absolute Gasteiger partial charge is 0.0152 e. The van der Waals surface area contributed by atoms with Crippen LogP contribution in [-0.2, 0) is 0 Å². The van der Waals surface area contributed by atoms with E-state index in [4.69, 9.17) is 12.6 Å². The van der Waals surface area contributed by atoms with Gasteiger partial charge in [0, 0.05) is 4.75 Å². The Kier molecular flexibility index (Phi) is 8.04. The third kappa shape index (κ3) is 5.45. The van der Waals surface area contributed by atoms with Crippen LogP contribution in [0.4, 0.5) is 0 Å². The predicted molar refractivity (Wildman–Crippen MR) is 121 cm³/mol. The maximum Gasteiger partial charge on any atom is 0.0152 e. The van der Waals surface area contributed by atoms with Gasteiger partial charge in [0.2, 0.25) is 0 Å². The minimum atomic E-state index is 0.157. The topological polar surface area (TPSA) is 0 Å². The molecule has 154 valence electrons. The van der Waals surface area contributed by atoms with Crippen LogP contribution in [0, 0.1) is 28.6 Å². The second kappa shape index (κ2) is 9.23. The van der Waals surface area contributed by atoms with Crippen molar-refractivity contribution in [3.05, 3.63) is 0 Å². The lowest BCUT2D eigenvalue weighted by molar-refractivity contribution is 0.0410. The van der Waals surface area contributed by atoms with Gasteiger partial charge in [-0.05, 0) is 67.1 Å². The van der Waals surface area contributed by atoms with E-state index in [9.17, 15) is 0 Å². The predicted octanol–water partition coefficient (Wildman–Crippen LogP) is 8.69. The molecule has 2 saturated carbocycles. The summed E-state index contributed by atoms with van der Waals surface area (Å²) in [5.41, 5.74) is 0.924. The van der Waals surface area contributed by atoms with Gasteiger partial charge in [0.15, 0.2) is 0 Å². The molecule has 2 aliphatic carbocycles. The van der Waals surface area contributed by atoms with Crippen molar-refractivity contribution in [2.24, 2.45) is 28.6 Å². The zero-order chi connectivity index (χ0) is 19.4. The standard InChI is InChI=1S/C25H48S/c1-7-21-19-24(5,25(6,26)8-2)17-16-23(4)15-14-20(3)12-10-9-11-13-22(21)18-23/h20-22,26H,7-19H2,1-6H3. The molecule has 0 saturated heterocycles. The van der Waals surface area contributed by atoms with Gasteiger partial charge in [-0.3, -0.25) is 0 Å². The van der Waals surface area contributed by atoms with E-state index >= 15 is 0 Å². The van der Waals surface area contributed by atoms with E-state index in [0.717, 1.165) is 17.8 Å². The molecule has 0 aliphatic heterocycles. The minimum absolute atomic E-state index is 0.157. The Morgan fingerprint density at radius 2 is 1.62 bits per heavy atom. The summed E-state index contributed by atoms with van der Waals surface area (Å²) in [4.78, 5) is 0. The number of hydrogen-bond acceptors (Lipinski definition) is 1. The Morgan fingerprint density at radius 3 is 2.27 bits per heavy atom. The second-order valence-corrected chi connectivity index (χ2v) is 12.1. The molecule has 2 aliphatic rings. The third-order valence-electron chi connectivity index (χ3n) is 8.94. The molecule has 0 nitrogen and oxygen atoms in total. The molecule has 1 heteroatoms. The monoisotopic (exact) mass is 380 g/mol. The summed E-state index contributed by atoms with van der Waals surface area (Å²) < 4.78 is 0.157. The van der Waals surface area contributed by atoms with Crippen molar-refractivity contribution < 1.29 is 0 Å². The number of rotatable bonds is 3. The van der Waals surface area contributed by atoms with Crippen molar-refractivity contribution in [3.63, 3.8) is 0 Å². The Morgan fingerprint density at radius 1 is 0.923 bits per heavy atom. The Labute approximate surface area is 171 Å². The summed E-state index contributed by atoms with van der Waals surface area (Å²) in [5, 5.41) is 0. The third-order valence-corrected chi connectivity index (χ3v) is 9.80. The number of fused-ring (bicyclic) bond motifs is 2. The van der Waals surface area contributed by atoms with Crippen LogP contribution in [0.3, 0.4) is 0 Å². The summed E-state index contributed by atoms with van der Waals surface area (Å²) in [6.07, 6.45) is 18.4. The Hall–Kier alpha value is 0.350. The van der Waals surface area contributed by atoms with Crippen LogP contribution in [0.25, 0.3) is 0 Å². The average molecular weight is 381 g/mol. The molecule has 2 rings (SSSR count). The first-order valence-corrected chi connectivity index (χ1v) is 12.3. The van der Waals surface area contributed by atoms with Gasteiger partial charge < -0.3 is 0 Å². The SMILES string of the molecule is CCC1CC(C)(C(C)(S)CC)CCC2(C)CCC(C)CCCCCC1C2. The van der Waals surface area contributed by atoms with Gasteiger partial charge in [-0.15, -0.1) is 0 Å². The fourth-order valence-electron chi connectivity index (χ4n) is 6.10. The molecular formula is C25H48S. The van der Waals surface area contributed by atoms with E-state index in [1.165, 1.54) is 83.5 Å². The highest BCUT2D eigenvalue weighted by molar-refractivity contribution is 7.81. The van der Waals surface area contributed by atoms with Gasteiger partial charge >= 0.3 is 0 Å². The summed E-state index contributed by atoms with van der Waals surface area (Å²) in [6, 6.07) is 0. The number of thiol groups is 1. The molecule has 0 heterocycles. The van der Waals surface area contributed by atoms with Gasteiger partial charge in [0.1, 0.15) is 0 Å². The molecule has 0 radical (unpaired) electrons. The lowest BCUT2D eigenvalue weighted by atomic mass is 9.57. The molecule has 2 bridgehead atoms. The summed E-state index contributed by atoms with van der Waals surface area (Å²) in [5.74, 6) is 2.77. The fraction of sp³-hybridized carbons (Fsp3) is 1.00. The summed E-state index contributed by atoms with van der Waals surface area (Å²) in [7, 11) is 0. The van der Waals surface area contributed by atoms with Gasteiger partial charge in [-0.2, -0.15) is 12.6 Å². The molecule has 0 aromatic heterocycles. The molecule has 0 N–H and O–H groups in total. The molecule has 0 aromatic carbocycles. The van der Waals surface area contributed by atoms with Crippen LogP contribution < -0.4 is 0 Å². The zero-order valence-electron chi connectivity index (χ0n) is 18.9. The highest BCUT2D eigenvalue weighted by Gasteiger charge is 2.46. The molecule has 0 aromatic rings. The highest BCUT2D eigenvalue weighted by atomic mass is 32.1. The Balaban J connectivity index is 2.32. The van der Waals surface area contributed by atoms with Crippen molar-refractivity contribution in [2.75, 3.05) is 0 Å². The molecule has 2 fully saturated rings. The second-order valence-electron chi connectivity index (χ2n) is 11.1. The normalized spacial score (nSPS) is 42.8. The average Bonchev–Trinajstić information content (AvgIpc) is 2.63. The van der Waals surface area contributed by atoms with Crippen LogP contribution in [0.15, 0.2) is 0 Å². The molecule has 6 unspecified atom stereocenters. The van der Waals surface area contributed by atoms with Gasteiger partial charge in [0.05, 0.1) is 0 Å². The van der Waals surface area contributed by atoms with Crippen molar-refractivity contribution in [1.29, 1.82) is 0 Å². The van der Waals surface area contributed by atoms with Gasteiger partial charge in [-0.1, -0.05) is 86.5 Å². The van der Waals surface area contributed by atoms with Gasteiger partial charge in [0.25, 0.3) is 0 Å². The van der Waals surface area contributed by atoms with Crippen molar-refractivity contribution >= 4 is 12.6 Å². The van der Waals surface area contributed by atoms with Crippen molar-refractivity contribution in [2.45, 2.75) is 130 Å². The minimum Gasteiger partial charge on any atom is -0.172 e. The zero-order valence-corrected chi connectivity index (χ0v) is 19.8. The Bertz CT molecular complexity index is 428. The molecular weight excluding hydrogens is 332 g/mol. The summed E-state index contributed by atoms with van der Waals surface area (Å²) in [6.45, 7) is 15.0. The first-order chi connectivity index (χ1) is 12.1. The maximum atomic E-state index is 5.23. The highest BCUT2D eigenvalue weighted by Crippen LogP contribution is 2.55. The van der Waals surface area contributed by atoms with Crippen molar-refractivity contribution in [1.82, 2.24) is 0 Å². The first-order valence-electron chi connectivity index (χ1n) is 11.9. The quantitative estimate of drug-likeness (QED) is 0.465. The van der Waals surface area contributed by atoms with Crippen molar-refractivity contribution in [3.8, 4) is 0 Å². The largest absolute Gasteiger partial charge is 0.172 e. The molecule has 6 atom stereocenters. The molecule has 0 amide bonds. The van der Waals surface area contributed by atoms with E-state index in [2.05, 4.69) is 41.5 Å². The molecule has 0 spiro atoms. The van der Waals surface area contributed by atoms with E-state index in [-0.39, 0.29) is 4.75 Å². The van der Waals surface area contributed by atoms with Gasteiger partial charge in [-0.25, -0.2) is 0 Å². The number of hydrogen-bond donors (Lipinski definition) is 1. The fourth-order valence-corrected chi connectivity index (χ4v) is 6.30. The van der Waals surface area contributed by atoms with Crippen LogP contribution in [0.1, 0.15) is 125 Å². The van der Waals surface area contributed by atoms with E-state index in [1.807, 2.05) is 0 Å². The van der Waals surface area contributed by atoms with E-state index in [0.29, 0.717) is 10.8 Å². The first kappa shape index (κ1) is 22.6.